The maximum atomic E-state index is 10.5. The molecular weight excluding hydrogens is 393 g/mol. The molecule has 0 heterocycles. The number of hydrogen-bond acceptors (Lipinski definition) is 8. The quantitative estimate of drug-likeness (QED) is 0.310. The van der Waals surface area contributed by atoms with Crippen molar-refractivity contribution in [3.05, 3.63) is 0 Å². The first-order valence-electron chi connectivity index (χ1n) is 5.48. The van der Waals surface area contributed by atoms with E-state index >= 15 is 0 Å². The van der Waals surface area contributed by atoms with Crippen molar-refractivity contribution in [3.8, 4) is 0 Å². The van der Waals surface area contributed by atoms with Gasteiger partial charge in [-0.25, -0.2) is 0 Å². The summed E-state index contributed by atoms with van der Waals surface area (Å²) < 4.78 is 0. The second-order valence-electron chi connectivity index (χ2n) is 3.95. The molecule has 0 rings (SSSR count). The summed E-state index contributed by atoms with van der Waals surface area (Å²) in [4.78, 5) is 43.9. The Morgan fingerprint density at radius 3 is 1.17 bits per heavy atom. The summed E-state index contributed by atoms with van der Waals surface area (Å²) in [5.74, 6) is -5.52. The average molecular weight is 409 g/mol. The predicted octanol–water partition coefficient (Wildman–Crippen LogP) is -11.6. The van der Waals surface area contributed by atoms with E-state index in [2.05, 4.69) is 0 Å². The summed E-state index contributed by atoms with van der Waals surface area (Å²) in [6, 6.07) is 0. The summed E-state index contributed by atoms with van der Waals surface area (Å²) in [6.45, 7) is -2.75. The van der Waals surface area contributed by atoms with E-state index < -0.39 is 50.1 Å². The van der Waals surface area contributed by atoms with Gasteiger partial charge >= 0.3 is 71.1 Å². The number of carboxylic acids is 4. The molecular formula is C10H16MnN2Na2O9. The van der Waals surface area contributed by atoms with Crippen LogP contribution < -0.4 is 69.3 Å². The van der Waals surface area contributed by atoms with E-state index in [0.29, 0.717) is 0 Å². The number of carbonyl (C=O) groups is 4. The molecule has 0 aromatic carbocycles. The van der Waals surface area contributed by atoms with E-state index in [0.717, 1.165) is 9.80 Å². The van der Waals surface area contributed by atoms with Gasteiger partial charge in [0.1, 0.15) is 0 Å². The van der Waals surface area contributed by atoms with Crippen molar-refractivity contribution in [2.24, 2.45) is 0 Å². The van der Waals surface area contributed by atoms with Crippen LogP contribution in [0.3, 0.4) is 0 Å². The molecule has 0 aromatic rings. The van der Waals surface area contributed by atoms with Gasteiger partial charge in [-0.3, -0.25) is 19.4 Å². The fourth-order valence-electron chi connectivity index (χ4n) is 1.46. The second-order valence-corrected chi connectivity index (χ2v) is 3.95. The Kier molecular flexibility index (Phi) is 28.9. The first-order chi connectivity index (χ1) is 9.20. The molecule has 11 nitrogen and oxygen atoms in total. The van der Waals surface area contributed by atoms with E-state index in [4.69, 9.17) is 10.2 Å². The first-order valence-corrected chi connectivity index (χ1v) is 5.48. The van der Waals surface area contributed by atoms with Crippen LogP contribution in [0, 0.1) is 0 Å². The van der Waals surface area contributed by atoms with E-state index in [9.17, 15) is 29.4 Å². The third kappa shape index (κ3) is 22.3. The monoisotopic (exact) mass is 409 g/mol. The first kappa shape index (κ1) is 35.4. The normalized spacial score (nSPS) is 8.92. The molecule has 0 saturated carbocycles. The van der Waals surface area contributed by atoms with Gasteiger partial charge < -0.3 is 35.5 Å². The standard InChI is InChI=1S/C10H16N2O8.Mn.2Na.H2O/c13-7(14)3-11(4-8(15)16)1-2-12(5-9(17)18)6-10(19)20;;;;/h1-6H2,(H,13,14)(H,15,16)(H,17,18)(H,19,20);;;;1H2/q;;2*+1;/p-2. The van der Waals surface area contributed by atoms with Crippen LogP contribution in [0.25, 0.3) is 0 Å². The molecule has 4 N–H and O–H groups in total. The molecule has 0 bridgehead atoms. The molecule has 0 fully saturated rings. The van der Waals surface area contributed by atoms with Crippen molar-refractivity contribution in [1.29, 1.82) is 0 Å². The molecule has 0 aliphatic rings. The molecule has 0 aliphatic carbocycles. The van der Waals surface area contributed by atoms with Crippen LogP contribution >= 0.6 is 0 Å². The molecule has 14 heteroatoms. The molecule has 0 unspecified atom stereocenters. The predicted molar refractivity (Wildman–Crippen MR) is 61.8 cm³/mol. The number of nitrogens with zero attached hydrogens (tertiary/aromatic N) is 2. The smallest absolute Gasteiger partial charge is 0.549 e. The Balaban J connectivity index is -0.000000301. The Labute approximate surface area is 192 Å². The number of aliphatic carboxylic acids is 4. The zero-order valence-corrected chi connectivity index (χ0v) is 18.5. The Morgan fingerprint density at radius 1 is 0.708 bits per heavy atom. The van der Waals surface area contributed by atoms with Gasteiger partial charge in [0, 0.05) is 43.2 Å². The van der Waals surface area contributed by atoms with Gasteiger partial charge in [0.25, 0.3) is 0 Å². The molecule has 129 valence electrons. The largest absolute Gasteiger partial charge is 1.00 e. The SMILES string of the molecule is O.O=C([O-])CN(CCN(CC(=O)O)CC(=O)O)CC(=O)[O-].[Mn].[Na+].[Na+]. The number of rotatable bonds is 11. The van der Waals surface area contributed by atoms with Crippen molar-refractivity contribution >= 4 is 23.9 Å². The molecule has 24 heavy (non-hydrogen) atoms. The maximum Gasteiger partial charge on any atom is 1.00 e. The van der Waals surface area contributed by atoms with Crippen molar-refractivity contribution in [3.63, 3.8) is 0 Å². The minimum Gasteiger partial charge on any atom is -0.549 e. The van der Waals surface area contributed by atoms with Crippen LogP contribution in [0.15, 0.2) is 0 Å². The topological polar surface area (TPSA) is 193 Å². The third-order valence-corrected chi connectivity index (χ3v) is 2.16. The van der Waals surface area contributed by atoms with Crippen molar-refractivity contribution in [2.75, 3.05) is 39.3 Å². The van der Waals surface area contributed by atoms with Crippen LogP contribution in [0.4, 0.5) is 0 Å². The summed E-state index contributed by atoms with van der Waals surface area (Å²) in [5.41, 5.74) is 0. The van der Waals surface area contributed by atoms with E-state index in [-0.39, 0.29) is 94.7 Å². The van der Waals surface area contributed by atoms with Gasteiger partial charge in [-0.2, -0.15) is 0 Å². The van der Waals surface area contributed by atoms with Gasteiger partial charge in [0.05, 0.1) is 25.0 Å². The van der Waals surface area contributed by atoms with E-state index in [1.54, 1.807) is 0 Å². The summed E-state index contributed by atoms with van der Waals surface area (Å²) >= 11 is 0. The summed E-state index contributed by atoms with van der Waals surface area (Å²) in [6.07, 6.45) is 0. The zero-order chi connectivity index (χ0) is 15.7. The fraction of sp³-hybridized carbons (Fsp3) is 0.600. The summed E-state index contributed by atoms with van der Waals surface area (Å²) in [5, 5.41) is 38.0. The molecule has 0 aliphatic heterocycles. The third-order valence-electron chi connectivity index (χ3n) is 2.16. The van der Waals surface area contributed by atoms with Gasteiger partial charge in [-0.05, 0) is 0 Å². The zero-order valence-electron chi connectivity index (χ0n) is 13.4. The maximum absolute atomic E-state index is 10.5. The van der Waals surface area contributed by atoms with Crippen LogP contribution in [-0.2, 0) is 36.2 Å². The Morgan fingerprint density at radius 2 is 0.958 bits per heavy atom. The molecule has 0 spiro atoms. The fourth-order valence-corrected chi connectivity index (χ4v) is 1.46. The Bertz CT molecular complexity index is 333. The molecule has 0 saturated heterocycles. The number of hydrogen-bond donors (Lipinski definition) is 2. The van der Waals surface area contributed by atoms with Crippen LogP contribution in [0.2, 0.25) is 0 Å². The van der Waals surface area contributed by atoms with Crippen molar-refractivity contribution in [1.82, 2.24) is 9.80 Å². The van der Waals surface area contributed by atoms with Gasteiger partial charge in [0.2, 0.25) is 0 Å². The molecule has 0 atom stereocenters. The second kappa shape index (κ2) is 19.6. The molecule has 0 amide bonds. The minimum atomic E-state index is -1.51. The summed E-state index contributed by atoms with van der Waals surface area (Å²) in [7, 11) is 0. The number of carboxylic acid groups (broad SMARTS) is 4. The molecule has 1 radical (unpaired) electrons. The van der Waals surface area contributed by atoms with Crippen LogP contribution in [-0.4, -0.2) is 88.6 Å². The van der Waals surface area contributed by atoms with Gasteiger partial charge in [-0.1, -0.05) is 0 Å². The van der Waals surface area contributed by atoms with Crippen molar-refractivity contribution in [2.45, 2.75) is 0 Å². The molecule has 0 aromatic heterocycles. The van der Waals surface area contributed by atoms with Crippen molar-refractivity contribution < 1.29 is 121 Å². The van der Waals surface area contributed by atoms with Gasteiger partial charge in [0.15, 0.2) is 0 Å². The van der Waals surface area contributed by atoms with Gasteiger partial charge in [-0.15, -0.1) is 0 Å². The Hall–Kier alpha value is 0.279. The number of carbonyl (C=O) groups excluding carboxylic acids is 2. The van der Waals surface area contributed by atoms with Crippen LogP contribution in [0.1, 0.15) is 0 Å². The van der Waals surface area contributed by atoms with E-state index in [1.165, 1.54) is 0 Å². The van der Waals surface area contributed by atoms with E-state index in [1.807, 2.05) is 0 Å². The average Bonchev–Trinajstić information content (AvgIpc) is 2.22. The van der Waals surface area contributed by atoms with Crippen LogP contribution in [0.5, 0.6) is 0 Å². The minimum absolute atomic E-state index is 0.